The number of anilines is 1. The van der Waals surface area contributed by atoms with Gasteiger partial charge in [-0.3, -0.25) is 4.79 Å². The van der Waals surface area contributed by atoms with Crippen molar-refractivity contribution in [3.05, 3.63) is 41.9 Å². The zero-order valence-electron chi connectivity index (χ0n) is 16.4. The Morgan fingerprint density at radius 3 is 2.70 bits per heavy atom. The van der Waals surface area contributed by atoms with Crippen LogP contribution in [0.15, 0.2) is 30.7 Å². The van der Waals surface area contributed by atoms with Crippen LogP contribution in [0, 0.1) is 5.92 Å². The number of hydrogen-bond donors (Lipinski definition) is 0. The average Bonchev–Trinajstić information content (AvgIpc) is 2.72. The molecule has 27 heavy (non-hydrogen) atoms. The highest BCUT2D eigenvalue weighted by Gasteiger charge is 2.29. The van der Waals surface area contributed by atoms with E-state index in [-0.39, 0.29) is 11.7 Å². The van der Waals surface area contributed by atoms with Crippen LogP contribution in [0.1, 0.15) is 48.5 Å². The molecule has 144 valence electrons. The Labute approximate surface area is 160 Å². The summed E-state index contributed by atoms with van der Waals surface area (Å²) in [5.74, 6) is 2.57. The van der Waals surface area contributed by atoms with Crippen molar-refractivity contribution in [1.82, 2.24) is 9.97 Å². The van der Waals surface area contributed by atoms with Crippen molar-refractivity contribution in [2.24, 2.45) is 5.92 Å². The molecule has 1 aromatic carbocycles. The summed E-state index contributed by atoms with van der Waals surface area (Å²) in [5, 5.41) is 0. The molecule has 6 nitrogen and oxygen atoms in total. The van der Waals surface area contributed by atoms with Gasteiger partial charge in [-0.25, -0.2) is 9.97 Å². The number of nitrogens with zero attached hydrogens (tertiary/aromatic N) is 3. The lowest BCUT2D eigenvalue weighted by Gasteiger charge is -2.34. The van der Waals surface area contributed by atoms with Gasteiger partial charge in [-0.1, -0.05) is 13.8 Å². The first-order valence-electron chi connectivity index (χ1n) is 9.36. The Balaban J connectivity index is 1.81. The third-order valence-electron chi connectivity index (χ3n) is 5.10. The van der Waals surface area contributed by atoms with Crippen molar-refractivity contribution >= 4 is 11.6 Å². The van der Waals surface area contributed by atoms with E-state index < -0.39 is 0 Å². The zero-order valence-corrected chi connectivity index (χ0v) is 16.4. The van der Waals surface area contributed by atoms with Gasteiger partial charge in [-0.05, 0) is 37.0 Å². The molecule has 1 atom stereocenters. The molecule has 1 aliphatic heterocycles. The van der Waals surface area contributed by atoms with Gasteiger partial charge in [0.1, 0.15) is 12.1 Å². The monoisotopic (exact) mass is 369 g/mol. The van der Waals surface area contributed by atoms with Crippen LogP contribution in [0.3, 0.4) is 0 Å². The fourth-order valence-electron chi connectivity index (χ4n) is 3.61. The molecule has 3 rings (SSSR count). The van der Waals surface area contributed by atoms with Gasteiger partial charge in [-0.15, -0.1) is 0 Å². The number of hydrogen-bond acceptors (Lipinski definition) is 6. The average molecular weight is 369 g/mol. The fourth-order valence-corrected chi connectivity index (χ4v) is 3.61. The van der Waals surface area contributed by atoms with Gasteiger partial charge >= 0.3 is 0 Å². The lowest BCUT2D eigenvalue weighted by Crippen LogP contribution is -2.39. The third-order valence-corrected chi connectivity index (χ3v) is 5.10. The lowest BCUT2D eigenvalue weighted by atomic mass is 9.89. The third kappa shape index (κ3) is 4.04. The number of methoxy groups -OCH3 is 2. The summed E-state index contributed by atoms with van der Waals surface area (Å²) in [6.07, 6.45) is 5.31. The van der Waals surface area contributed by atoms with E-state index in [9.17, 15) is 4.79 Å². The smallest absolute Gasteiger partial charge is 0.167 e. The van der Waals surface area contributed by atoms with E-state index in [1.54, 1.807) is 32.7 Å². The van der Waals surface area contributed by atoms with Crippen LogP contribution in [-0.2, 0) is 0 Å². The van der Waals surface area contributed by atoms with Gasteiger partial charge < -0.3 is 14.4 Å². The fraction of sp³-hybridized carbons (Fsp3) is 0.476. The number of benzene rings is 1. The first-order valence-corrected chi connectivity index (χ1v) is 9.36. The maximum absolute atomic E-state index is 13.1. The summed E-state index contributed by atoms with van der Waals surface area (Å²) >= 11 is 0. The largest absolute Gasteiger partial charge is 0.493 e. The summed E-state index contributed by atoms with van der Waals surface area (Å²) in [4.78, 5) is 24.0. The summed E-state index contributed by atoms with van der Waals surface area (Å²) in [5.41, 5.74) is 1.78. The predicted octanol–water partition coefficient (Wildman–Crippen LogP) is 3.72. The molecule has 0 amide bonds. The van der Waals surface area contributed by atoms with Gasteiger partial charge in [-0.2, -0.15) is 0 Å². The number of ketones is 1. The van der Waals surface area contributed by atoms with E-state index in [1.165, 1.54) is 0 Å². The first kappa shape index (κ1) is 19.1. The SMILES string of the molecule is COc1ccc(C(=O)[C@@H]2CCCN(c3ncncc3C(C)C)C2)cc1OC. The number of rotatable bonds is 6. The van der Waals surface area contributed by atoms with E-state index in [0.717, 1.165) is 30.8 Å². The Morgan fingerprint density at radius 1 is 1.22 bits per heavy atom. The standard InChI is InChI=1S/C21H27N3O3/c1-14(2)17-11-22-13-23-21(17)24-9-5-6-16(12-24)20(25)15-7-8-18(26-3)19(10-15)27-4/h7-8,10-11,13-14,16H,5-6,9,12H2,1-4H3/t16-/m1/s1. The molecular weight excluding hydrogens is 342 g/mol. The van der Waals surface area contributed by atoms with E-state index in [2.05, 4.69) is 28.7 Å². The summed E-state index contributed by atoms with van der Waals surface area (Å²) in [6.45, 7) is 5.85. The zero-order chi connectivity index (χ0) is 19.4. The molecule has 1 aromatic heterocycles. The van der Waals surface area contributed by atoms with Crippen LogP contribution in [-0.4, -0.2) is 43.1 Å². The second kappa shape index (κ2) is 8.37. The minimum absolute atomic E-state index is 0.0631. The molecule has 2 aromatic rings. The van der Waals surface area contributed by atoms with Gasteiger partial charge in [0.25, 0.3) is 0 Å². The van der Waals surface area contributed by atoms with Crippen LogP contribution < -0.4 is 14.4 Å². The van der Waals surface area contributed by atoms with E-state index >= 15 is 0 Å². The molecule has 0 saturated carbocycles. The summed E-state index contributed by atoms with van der Waals surface area (Å²) < 4.78 is 10.6. The molecule has 1 aliphatic rings. The molecule has 0 bridgehead atoms. The van der Waals surface area contributed by atoms with Crippen LogP contribution in [0.2, 0.25) is 0 Å². The van der Waals surface area contributed by atoms with Gasteiger partial charge in [0.15, 0.2) is 17.3 Å². The van der Waals surface area contributed by atoms with Crippen molar-refractivity contribution in [2.75, 3.05) is 32.2 Å². The molecule has 0 unspecified atom stereocenters. The van der Waals surface area contributed by atoms with Crippen molar-refractivity contribution in [3.63, 3.8) is 0 Å². The lowest BCUT2D eigenvalue weighted by molar-refractivity contribution is 0.0906. The molecule has 0 spiro atoms. The highest BCUT2D eigenvalue weighted by atomic mass is 16.5. The van der Waals surface area contributed by atoms with E-state index in [4.69, 9.17) is 9.47 Å². The number of aromatic nitrogens is 2. The minimum atomic E-state index is -0.0631. The van der Waals surface area contributed by atoms with Gasteiger partial charge in [0, 0.05) is 36.3 Å². The van der Waals surface area contributed by atoms with Crippen molar-refractivity contribution in [3.8, 4) is 11.5 Å². The van der Waals surface area contributed by atoms with Crippen molar-refractivity contribution < 1.29 is 14.3 Å². The Morgan fingerprint density at radius 2 is 2.00 bits per heavy atom. The Hall–Kier alpha value is -2.63. The quantitative estimate of drug-likeness (QED) is 0.723. The number of carbonyl (C=O) groups is 1. The van der Waals surface area contributed by atoms with Gasteiger partial charge in [0.05, 0.1) is 14.2 Å². The molecule has 1 fully saturated rings. The highest BCUT2D eigenvalue weighted by Crippen LogP contribution is 2.32. The number of Topliss-reactive ketones (excluding diaryl/α,β-unsaturated/α-hetero) is 1. The van der Waals surface area contributed by atoms with Crippen LogP contribution >= 0.6 is 0 Å². The van der Waals surface area contributed by atoms with E-state index in [1.807, 2.05) is 12.3 Å². The molecule has 1 saturated heterocycles. The second-order valence-corrected chi connectivity index (χ2v) is 7.18. The molecule has 2 heterocycles. The summed E-state index contributed by atoms with van der Waals surface area (Å²) in [7, 11) is 3.17. The molecule has 0 aliphatic carbocycles. The van der Waals surface area contributed by atoms with Crippen molar-refractivity contribution in [1.29, 1.82) is 0 Å². The molecule has 0 N–H and O–H groups in total. The van der Waals surface area contributed by atoms with Crippen LogP contribution in [0.4, 0.5) is 5.82 Å². The molecule has 6 heteroatoms. The Bertz CT molecular complexity index is 807. The summed E-state index contributed by atoms with van der Waals surface area (Å²) in [6, 6.07) is 5.37. The predicted molar refractivity (Wildman–Crippen MR) is 105 cm³/mol. The molecular formula is C21H27N3O3. The normalized spacial score (nSPS) is 17.1. The maximum Gasteiger partial charge on any atom is 0.167 e. The highest BCUT2D eigenvalue weighted by molar-refractivity contribution is 5.99. The van der Waals surface area contributed by atoms with Gasteiger partial charge in [0.2, 0.25) is 0 Å². The number of ether oxygens (including phenoxy) is 2. The van der Waals surface area contributed by atoms with Crippen molar-refractivity contribution in [2.45, 2.75) is 32.6 Å². The maximum atomic E-state index is 13.1. The van der Waals surface area contributed by atoms with Crippen LogP contribution in [0.25, 0.3) is 0 Å². The number of carbonyl (C=O) groups excluding carboxylic acids is 1. The Kier molecular flexibility index (Phi) is 5.94. The second-order valence-electron chi connectivity index (χ2n) is 7.18. The van der Waals surface area contributed by atoms with E-state index in [0.29, 0.717) is 29.5 Å². The molecule has 0 radical (unpaired) electrons. The van der Waals surface area contributed by atoms with Crippen LogP contribution in [0.5, 0.6) is 11.5 Å². The number of piperidine rings is 1. The topological polar surface area (TPSA) is 64.5 Å². The first-order chi connectivity index (χ1) is 13.0. The minimum Gasteiger partial charge on any atom is -0.493 e.